The summed E-state index contributed by atoms with van der Waals surface area (Å²) in [5.41, 5.74) is 2.56. The number of likely N-dealkylation sites (N-methyl/N-ethyl adjacent to an activating group) is 1. The Hall–Kier alpha value is -2.50. The average molecular weight is 574 g/mol. The number of carbonyl (C=O) groups is 1. The van der Waals surface area contributed by atoms with Crippen molar-refractivity contribution in [2.45, 2.75) is 56.0 Å². The first-order chi connectivity index (χ1) is 19.2. The molecular formula is C30H43N3O6S. The minimum absolute atomic E-state index is 0.0283. The Bertz CT molecular complexity index is 1220. The van der Waals surface area contributed by atoms with Gasteiger partial charge in [0.25, 0.3) is 0 Å². The number of hydrogen-bond donors (Lipinski definition) is 1. The first kappa shape index (κ1) is 30.5. The normalized spacial score (nSPS) is 22.3. The molecule has 40 heavy (non-hydrogen) atoms. The van der Waals surface area contributed by atoms with Gasteiger partial charge in [0.1, 0.15) is 12.4 Å². The standard InChI is InChI=1S/C30H43N3O6S/c1-23-20-27(37-4)21-24(2)29(23)40(35,36)32(3)14-17-39-22-28(34)31-26-10-12-30(13-11-26,25-8-6-5-7-9-25)33-15-18-38-19-16-33/h5-9,20-21,26H,10-19,22H2,1-4H3,(H,31,34). The fourth-order valence-corrected chi connectivity index (χ4v) is 7.66. The zero-order valence-electron chi connectivity index (χ0n) is 24.1. The van der Waals surface area contributed by atoms with Crippen molar-refractivity contribution >= 4 is 15.9 Å². The third kappa shape index (κ3) is 6.86. The number of rotatable bonds is 11. The number of ether oxygens (including phenoxy) is 3. The quantitative estimate of drug-likeness (QED) is 0.412. The maximum atomic E-state index is 13.2. The van der Waals surface area contributed by atoms with Crippen LogP contribution >= 0.6 is 0 Å². The molecule has 1 saturated carbocycles. The van der Waals surface area contributed by atoms with Gasteiger partial charge in [-0.25, -0.2) is 8.42 Å². The molecule has 0 unspecified atom stereocenters. The summed E-state index contributed by atoms with van der Waals surface area (Å²) in [5, 5.41) is 3.13. The van der Waals surface area contributed by atoms with Crippen LogP contribution in [0.3, 0.4) is 0 Å². The van der Waals surface area contributed by atoms with E-state index in [1.165, 1.54) is 16.9 Å². The number of amides is 1. The smallest absolute Gasteiger partial charge is 0.246 e. The van der Waals surface area contributed by atoms with Crippen LogP contribution in [-0.4, -0.2) is 89.8 Å². The molecule has 2 aliphatic rings. The van der Waals surface area contributed by atoms with Crippen LogP contribution in [0.1, 0.15) is 42.4 Å². The Morgan fingerprint density at radius 3 is 2.33 bits per heavy atom. The molecule has 4 rings (SSSR count). The summed E-state index contributed by atoms with van der Waals surface area (Å²) >= 11 is 0. The van der Waals surface area contributed by atoms with Crippen molar-refractivity contribution in [3.63, 3.8) is 0 Å². The van der Waals surface area contributed by atoms with E-state index in [4.69, 9.17) is 14.2 Å². The third-order valence-corrected chi connectivity index (χ3v) is 10.4. The predicted molar refractivity (Wildman–Crippen MR) is 154 cm³/mol. The van der Waals surface area contributed by atoms with Crippen LogP contribution in [-0.2, 0) is 29.8 Å². The van der Waals surface area contributed by atoms with Gasteiger partial charge in [-0.3, -0.25) is 9.69 Å². The predicted octanol–water partition coefficient (Wildman–Crippen LogP) is 3.24. The Balaban J connectivity index is 1.25. The van der Waals surface area contributed by atoms with Crippen molar-refractivity contribution in [3.8, 4) is 5.75 Å². The minimum Gasteiger partial charge on any atom is -0.497 e. The Labute approximate surface area is 238 Å². The molecule has 9 nitrogen and oxygen atoms in total. The molecule has 220 valence electrons. The molecular weight excluding hydrogens is 530 g/mol. The number of hydrogen-bond acceptors (Lipinski definition) is 7. The van der Waals surface area contributed by atoms with Crippen LogP contribution in [0.15, 0.2) is 47.4 Å². The highest BCUT2D eigenvalue weighted by Crippen LogP contribution is 2.42. The number of methoxy groups -OCH3 is 1. The molecule has 0 atom stereocenters. The zero-order chi connectivity index (χ0) is 28.8. The van der Waals surface area contributed by atoms with Gasteiger partial charge in [0.2, 0.25) is 15.9 Å². The highest BCUT2D eigenvalue weighted by molar-refractivity contribution is 7.89. The number of benzene rings is 2. The topological polar surface area (TPSA) is 97.4 Å². The second-order valence-electron chi connectivity index (χ2n) is 10.8. The van der Waals surface area contributed by atoms with Gasteiger partial charge in [-0.15, -0.1) is 0 Å². The second kappa shape index (κ2) is 13.4. The van der Waals surface area contributed by atoms with E-state index in [1.54, 1.807) is 33.1 Å². The summed E-state index contributed by atoms with van der Waals surface area (Å²) < 4.78 is 44.1. The molecule has 0 bridgehead atoms. The molecule has 0 spiro atoms. The zero-order valence-corrected chi connectivity index (χ0v) is 25.0. The fraction of sp³-hybridized carbons (Fsp3) is 0.567. The van der Waals surface area contributed by atoms with Gasteiger partial charge in [0.15, 0.2) is 0 Å². The highest BCUT2D eigenvalue weighted by Gasteiger charge is 2.42. The van der Waals surface area contributed by atoms with Crippen LogP contribution in [0.4, 0.5) is 0 Å². The first-order valence-electron chi connectivity index (χ1n) is 14.0. The van der Waals surface area contributed by atoms with E-state index in [9.17, 15) is 13.2 Å². The fourth-order valence-electron chi connectivity index (χ4n) is 6.11. The number of morpholine rings is 1. The van der Waals surface area contributed by atoms with Gasteiger partial charge in [-0.2, -0.15) is 4.31 Å². The third-order valence-electron chi connectivity index (χ3n) is 8.23. The van der Waals surface area contributed by atoms with E-state index in [1.807, 2.05) is 0 Å². The molecule has 0 aromatic heterocycles. The lowest BCUT2D eigenvalue weighted by atomic mass is 9.73. The van der Waals surface area contributed by atoms with Gasteiger partial charge >= 0.3 is 0 Å². The molecule has 2 aromatic rings. The minimum atomic E-state index is -3.71. The summed E-state index contributed by atoms with van der Waals surface area (Å²) in [4.78, 5) is 15.5. The van der Waals surface area contributed by atoms with Gasteiger partial charge in [-0.1, -0.05) is 30.3 Å². The first-order valence-corrected chi connectivity index (χ1v) is 15.5. The van der Waals surface area contributed by atoms with Gasteiger partial charge in [0, 0.05) is 38.3 Å². The van der Waals surface area contributed by atoms with Crippen LogP contribution in [0.2, 0.25) is 0 Å². The summed E-state index contributed by atoms with van der Waals surface area (Å²) in [6.45, 7) is 7.02. The summed E-state index contributed by atoms with van der Waals surface area (Å²) in [6, 6.07) is 14.2. The monoisotopic (exact) mass is 573 g/mol. The van der Waals surface area contributed by atoms with Crippen molar-refractivity contribution in [3.05, 3.63) is 59.2 Å². The summed E-state index contributed by atoms with van der Waals surface area (Å²) in [7, 11) is -0.626. The number of nitrogens with one attached hydrogen (secondary N) is 1. The van der Waals surface area contributed by atoms with Crippen molar-refractivity contribution < 1.29 is 27.4 Å². The molecule has 1 amide bonds. The van der Waals surface area contributed by atoms with E-state index < -0.39 is 10.0 Å². The van der Waals surface area contributed by atoms with Crippen molar-refractivity contribution in [1.82, 2.24) is 14.5 Å². The molecule has 1 heterocycles. The Morgan fingerprint density at radius 1 is 1.10 bits per heavy atom. The summed E-state index contributed by atoms with van der Waals surface area (Å²) in [6.07, 6.45) is 3.71. The van der Waals surface area contributed by atoms with Crippen LogP contribution < -0.4 is 10.1 Å². The molecule has 2 aromatic carbocycles. The second-order valence-corrected chi connectivity index (χ2v) is 12.8. The molecule has 1 aliphatic heterocycles. The molecule has 0 radical (unpaired) electrons. The van der Waals surface area contributed by atoms with E-state index in [0.717, 1.165) is 52.0 Å². The lowest BCUT2D eigenvalue weighted by molar-refractivity contribution is -0.127. The van der Waals surface area contributed by atoms with E-state index in [0.29, 0.717) is 16.9 Å². The van der Waals surface area contributed by atoms with Gasteiger partial charge in [0.05, 0.1) is 31.8 Å². The maximum Gasteiger partial charge on any atom is 0.246 e. The summed E-state index contributed by atoms with van der Waals surface area (Å²) in [5.74, 6) is 0.451. The molecule has 2 fully saturated rings. The average Bonchev–Trinajstić information content (AvgIpc) is 2.96. The lowest BCUT2D eigenvalue weighted by Crippen LogP contribution is -2.55. The molecule has 1 aliphatic carbocycles. The largest absolute Gasteiger partial charge is 0.497 e. The van der Waals surface area contributed by atoms with Crippen LogP contribution in [0.25, 0.3) is 0 Å². The number of sulfonamides is 1. The number of carbonyl (C=O) groups excluding carboxylic acids is 1. The SMILES string of the molecule is COc1cc(C)c(S(=O)(=O)N(C)CCOCC(=O)NC2CCC(c3ccccc3)(N3CCOCC3)CC2)c(C)c1. The van der Waals surface area contributed by atoms with Crippen molar-refractivity contribution in [2.75, 3.05) is 60.2 Å². The van der Waals surface area contributed by atoms with Gasteiger partial charge in [-0.05, 0) is 68.4 Å². The van der Waals surface area contributed by atoms with Crippen molar-refractivity contribution in [1.29, 1.82) is 0 Å². The lowest BCUT2D eigenvalue weighted by Gasteiger charge is -2.50. The van der Waals surface area contributed by atoms with Crippen molar-refractivity contribution in [2.24, 2.45) is 0 Å². The number of aryl methyl sites for hydroxylation is 2. The Morgan fingerprint density at radius 2 is 1.73 bits per heavy atom. The Kier molecular flexibility index (Phi) is 10.2. The number of nitrogens with zero attached hydrogens (tertiary/aromatic N) is 2. The molecule has 1 N–H and O–H groups in total. The van der Waals surface area contributed by atoms with Gasteiger partial charge < -0.3 is 19.5 Å². The van der Waals surface area contributed by atoms with E-state index >= 15 is 0 Å². The molecule has 10 heteroatoms. The van der Waals surface area contributed by atoms with Crippen LogP contribution in [0, 0.1) is 13.8 Å². The van der Waals surface area contributed by atoms with Crippen LogP contribution in [0.5, 0.6) is 5.75 Å². The highest BCUT2D eigenvalue weighted by atomic mass is 32.2. The maximum absolute atomic E-state index is 13.2. The van der Waals surface area contributed by atoms with E-state index in [-0.39, 0.29) is 42.1 Å². The molecule has 1 saturated heterocycles. The van der Waals surface area contributed by atoms with E-state index in [2.05, 4.69) is 40.5 Å².